The van der Waals surface area contributed by atoms with Gasteiger partial charge in [-0.2, -0.15) is 0 Å². The molecule has 0 bridgehead atoms. The first-order valence-corrected chi connectivity index (χ1v) is 6.66. The van der Waals surface area contributed by atoms with E-state index >= 15 is 0 Å². The van der Waals surface area contributed by atoms with Gasteiger partial charge in [0.05, 0.1) is 7.84 Å². The lowest BCUT2D eigenvalue weighted by Crippen LogP contribution is -2.14. The van der Waals surface area contributed by atoms with Crippen LogP contribution >= 0.6 is 35.2 Å². The minimum atomic E-state index is -0.478. The van der Waals surface area contributed by atoms with E-state index in [0.29, 0.717) is 0 Å². The Morgan fingerprint density at radius 3 is 2.33 bits per heavy atom. The molecule has 0 saturated carbocycles. The normalized spacial score (nSPS) is 52.0. The van der Waals surface area contributed by atoms with Crippen molar-refractivity contribution in [3.63, 3.8) is 0 Å². The Morgan fingerprint density at radius 2 is 2.22 bits per heavy atom. The zero-order chi connectivity index (χ0) is 7.07. The van der Waals surface area contributed by atoms with E-state index in [2.05, 4.69) is 27.4 Å². The molecule has 1 aliphatic heterocycles. The van der Waals surface area contributed by atoms with E-state index in [9.17, 15) is 0 Å². The van der Waals surface area contributed by atoms with Crippen LogP contribution in [-0.4, -0.2) is 11.1 Å². The number of ether oxygens (including phenoxy) is 1. The summed E-state index contributed by atoms with van der Waals surface area (Å²) in [4.78, 5) is 0. The predicted molar refractivity (Wildman–Crippen MR) is 50.4 cm³/mol. The van der Waals surface area contributed by atoms with Gasteiger partial charge in [-0.05, 0) is 6.92 Å². The van der Waals surface area contributed by atoms with Gasteiger partial charge >= 0.3 is 0 Å². The third-order valence-electron chi connectivity index (χ3n) is 0.892. The number of hydrogen-bond acceptors (Lipinski definition) is 2. The third kappa shape index (κ3) is 2.30. The highest BCUT2D eigenvalue weighted by atomic mass is 32.0. The van der Waals surface area contributed by atoms with E-state index < -0.39 is 13.4 Å². The molecule has 0 aromatic rings. The first kappa shape index (κ1) is 8.73. The van der Waals surface area contributed by atoms with Gasteiger partial charge in [-0.1, -0.05) is 27.4 Å². The summed E-state index contributed by atoms with van der Waals surface area (Å²) in [6, 6.07) is 0. The molecule has 0 spiro atoms. The number of hydrogen-bond donors (Lipinski definition) is 0. The zero-order valence-electron chi connectivity index (χ0n) is 5.07. The Hall–Kier alpha value is 1.64. The van der Waals surface area contributed by atoms with Gasteiger partial charge in [0.2, 0.25) is 0 Å². The third-order valence-corrected chi connectivity index (χ3v) is 5.77. The maximum atomic E-state index is 5.41. The van der Waals surface area contributed by atoms with Gasteiger partial charge in [0.15, 0.2) is 5.53 Å². The lowest BCUT2D eigenvalue weighted by molar-refractivity contribution is -0.0450. The van der Waals surface area contributed by atoms with Crippen LogP contribution < -0.4 is 0 Å². The number of rotatable bonds is 0. The first-order chi connectivity index (χ1) is 4.01. The van der Waals surface area contributed by atoms with Gasteiger partial charge < -0.3 is 9.26 Å². The molecule has 54 valence electrons. The van der Waals surface area contributed by atoms with Gasteiger partial charge in [0.1, 0.15) is 5.59 Å². The fraction of sp³-hybridized carbons (Fsp3) is 1.00. The van der Waals surface area contributed by atoms with Crippen LogP contribution in [0.2, 0.25) is 0 Å². The standard InChI is InChI=1S/C3H10O2P4/c1-3(7)4-2(6)9(8)5-3/h2H,6-8H2,1H3. The molecule has 1 heterocycles. The smallest absolute Gasteiger partial charge is 0.183 e. The molecule has 0 aromatic carbocycles. The van der Waals surface area contributed by atoms with E-state index in [0.717, 1.165) is 0 Å². The molecule has 6 heteroatoms. The Balaban J connectivity index is 2.54. The molecule has 2 nitrogen and oxygen atoms in total. The average Bonchev–Trinajstić information content (AvgIpc) is 1.79. The maximum absolute atomic E-state index is 5.41. The van der Waals surface area contributed by atoms with Crippen LogP contribution in [0.3, 0.4) is 0 Å². The van der Waals surface area contributed by atoms with Crippen molar-refractivity contribution >= 4 is 35.2 Å². The van der Waals surface area contributed by atoms with E-state index in [1.165, 1.54) is 0 Å². The molecule has 0 aromatic heterocycles. The molecule has 1 aliphatic rings. The predicted octanol–water partition coefficient (Wildman–Crippen LogP) is 1.93. The fourth-order valence-electron chi connectivity index (χ4n) is 0.574. The van der Waals surface area contributed by atoms with E-state index in [-0.39, 0.29) is 5.59 Å². The van der Waals surface area contributed by atoms with Crippen LogP contribution in [0.5, 0.6) is 0 Å². The molecule has 0 amide bonds. The Kier molecular flexibility index (Phi) is 2.85. The minimum absolute atomic E-state index is 0.160. The molecule has 9 heavy (non-hydrogen) atoms. The van der Waals surface area contributed by atoms with Crippen molar-refractivity contribution in [2.24, 2.45) is 0 Å². The summed E-state index contributed by atoms with van der Waals surface area (Å²) >= 11 is 0. The second kappa shape index (κ2) is 2.94. The first-order valence-electron chi connectivity index (χ1n) is 2.46. The van der Waals surface area contributed by atoms with Crippen LogP contribution in [0.4, 0.5) is 0 Å². The topological polar surface area (TPSA) is 18.5 Å². The summed E-state index contributed by atoms with van der Waals surface area (Å²) < 4.78 is 10.8. The van der Waals surface area contributed by atoms with Crippen molar-refractivity contribution in [3.8, 4) is 0 Å². The van der Waals surface area contributed by atoms with Crippen molar-refractivity contribution in [1.29, 1.82) is 0 Å². The van der Waals surface area contributed by atoms with Crippen molar-refractivity contribution in [2.75, 3.05) is 0 Å². The summed E-state index contributed by atoms with van der Waals surface area (Å²) in [6.07, 6.45) is 0. The molecular formula is C3H10O2P4. The molecule has 1 rings (SSSR count). The minimum Gasteiger partial charge on any atom is -0.332 e. The van der Waals surface area contributed by atoms with Crippen LogP contribution in [-0.2, 0) is 9.26 Å². The lowest BCUT2D eigenvalue weighted by atomic mass is 10.8. The Morgan fingerprint density at radius 1 is 1.67 bits per heavy atom. The molecule has 1 fully saturated rings. The molecule has 6 unspecified atom stereocenters. The highest BCUT2D eigenvalue weighted by Crippen LogP contribution is 2.63. The van der Waals surface area contributed by atoms with Crippen molar-refractivity contribution in [2.45, 2.75) is 18.0 Å². The largest absolute Gasteiger partial charge is 0.332 e. The second-order valence-electron chi connectivity index (χ2n) is 1.98. The summed E-state index contributed by atoms with van der Waals surface area (Å²) in [7, 11) is 7.29. The van der Waals surface area contributed by atoms with Gasteiger partial charge in [-0.15, -0.1) is 0 Å². The van der Waals surface area contributed by atoms with Crippen molar-refractivity contribution in [1.82, 2.24) is 0 Å². The van der Waals surface area contributed by atoms with Gasteiger partial charge in [-0.3, -0.25) is 0 Å². The summed E-state index contributed by atoms with van der Waals surface area (Å²) in [5.41, 5.74) is -0.299. The fourth-order valence-corrected chi connectivity index (χ4v) is 3.87. The average molecular weight is 202 g/mol. The van der Waals surface area contributed by atoms with Crippen LogP contribution in [0.1, 0.15) is 6.92 Å². The van der Waals surface area contributed by atoms with Gasteiger partial charge in [-0.25, -0.2) is 0 Å². The molecular weight excluding hydrogens is 192 g/mol. The maximum Gasteiger partial charge on any atom is 0.183 e. The van der Waals surface area contributed by atoms with Crippen LogP contribution in [0, 0.1) is 0 Å². The SMILES string of the molecule is CC1(P)OC(P)P(P)O1. The van der Waals surface area contributed by atoms with Crippen LogP contribution in [0.25, 0.3) is 0 Å². The highest BCUT2D eigenvalue weighted by molar-refractivity contribution is 8.13. The van der Waals surface area contributed by atoms with E-state index in [4.69, 9.17) is 9.26 Å². The Bertz CT molecular complexity index is 104. The highest BCUT2D eigenvalue weighted by Gasteiger charge is 2.36. The van der Waals surface area contributed by atoms with Gasteiger partial charge in [0, 0.05) is 0 Å². The molecule has 0 N–H and O–H groups in total. The molecule has 6 atom stereocenters. The van der Waals surface area contributed by atoms with Gasteiger partial charge in [0.25, 0.3) is 0 Å². The monoisotopic (exact) mass is 202 g/mol. The van der Waals surface area contributed by atoms with Crippen molar-refractivity contribution in [3.05, 3.63) is 0 Å². The summed E-state index contributed by atoms with van der Waals surface area (Å²) in [6.45, 7) is 1.89. The van der Waals surface area contributed by atoms with E-state index in [1.807, 2.05) is 6.92 Å². The molecule has 1 saturated heterocycles. The second-order valence-corrected chi connectivity index (χ2v) is 7.13. The molecule has 0 radical (unpaired) electrons. The quantitative estimate of drug-likeness (QED) is 0.558. The summed E-state index contributed by atoms with van der Waals surface area (Å²) in [5, 5.41) is 0. The lowest BCUT2D eigenvalue weighted by Gasteiger charge is -2.14. The van der Waals surface area contributed by atoms with E-state index in [1.54, 1.807) is 0 Å². The Labute approximate surface area is 63.2 Å². The zero-order valence-corrected chi connectivity index (χ0v) is 9.43. The summed E-state index contributed by atoms with van der Waals surface area (Å²) in [5.74, 6) is 0. The van der Waals surface area contributed by atoms with Crippen LogP contribution in [0.15, 0.2) is 0 Å². The van der Waals surface area contributed by atoms with Crippen molar-refractivity contribution < 1.29 is 9.26 Å². The molecule has 0 aliphatic carbocycles.